The second kappa shape index (κ2) is 5.37. The molecule has 4 nitrogen and oxygen atoms in total. The van der Waals surface area contributed by atoms with Crippen LogP contribution in [0.5, 0.6) is 0 Å². The van der Waals surface area contributed by atoms with Crippen molar-refractivity contribution in [2.24, 2.45) is 5.92 Å². The van der Waals surface area contributed by atoms with E-state index in [4.69, 9.17) is 5.73 Å². The van der Waals surface area contributed by atoms with Gasteiger partial charge >= 0.3 is 0 Å². The van der Waals surface area contributed by atoms with E-state index < -0.39 is 0 Å². The van der Waals surface area contributed by atoms with E-state index in [-0.39, 0.29) is 5.56 Å². The minimum absolute atomic E-state index is 0.0496. The average molecular weight is 261 g/mol. The van der Waals surface area contributed by atoms with Crippen molar-refractivity contribution in [3.63, 3.8) is 0 Å². The molecule has 1 aromatic rings. The van der Waals surface area contributed by atoms with Gasteiger partial charge in [-0.05, 0) is 37.8 Å². The van der Waals surface area contributed by atoms with Gasteiger partial charge in [-0.2, -0.15) is 0 Å². The highest BCUT2D eigenvalue weighted by molar-refractivity contribution is 5.33. The molecule has 104 valence electrons. The molecule has 4 heteroatoms. The summed E-state index contributed by atoms with van der Waals surface area (Å²) in [6.07, 6.45) is 8.63. The van der Waals surface area contributed by atoms with E-state index in [1.807, 2.05) is 0 Å². The molecule has 1 aromatic heterocycles. The maximum absolute atomic E-state index is 11.7. The van der Waals surface area contributed by atoms with Gasteiger partial charge in [0.05, 0.1) is 0 Å². The molecule has 0 spiro atoms. The zero-order chi connectivity index (χ0) is 13.2. The van der Waals surface area contributed by atoms with Crippen molar-refractivity contribution in [1.82, 2.24) is 9.47 Å². The quantitative estimate of drug-likeness (QED) is 0.901. The van der Waals surface area contributed by atoms with Crippen molar-refractivity contribution < 1.29 is 0 Å². The minimum atomic E-state index is 0.0496. The summed E-state index contributed by atoms with van der Waals surface area (Å²) in [5.74, 6) is 0.909. The standard InChI is InChI=1S/C15H23N3O/c16-13-5-6-15(19)18(11-13)10-9-17-8-7-12-3-1-2-4-14(12)17/h5-6,11-12,14H,1-4,7-10,16H2. The van der Waals surface area contributed by atoms with Gasteiger partial charge in [-0.25, -0.2) is 0 Å². The third-order valence-corrected chi connectivity index (χ3v) is 4.76. The van der Waals surface area contributed by atoms with Crippen LogP contribution in [0.4, 0.5) is 5.69 Å². The summed E-state index contributed by atoms with van der Waals surface area (Å²) >= 11 is 0. The van der Waals surface area contributed by atoms with Gasteiger partial charge in [0.2, 0.25) is 0 Å². The number of nitrogens with two attached hydrogens (primary N) is 1. The Balaban J connectivity index is 1.63. The van der Waals surface area contributed by atoms with Gasteiger partial charge in [-0.15, -0.1) is 0 Å². The van der Waals surface area contributed by atoms with Gasteiger partial charge in [0.15, 0.2) is 0 Å². The summed E-state index contributed by atoms with van der Waals surface area (Å²) in [5, 5.41) is 0. The molecule has 2 N–H and O–H groups in total. The number of fused-ring (bicyclic) bond motifs is 1. The summed E-state index contributed by atoms with van der Waals surface area (Å²) < 4.78 is 1.74. The zero-order valence-corrected chi connectivity index (χ0v) is 11.4. The molecular weight excluding hydrogens is 238 g/mol. The molecule has 2 unspecified atom stereocenters. The number of hydrogen-bond donors (Lipinski definition) is 1. The number of hydrogen-bond acceptors (Lipinski definition) is 3. The summed E-state index contributed by atoms with van der Waals surface area (Å²) in [6.45, 7) is 2.93. The third-order valence-electron chi connectivity index (χ3n) is 4.76. The summed E-state index contributed by atoms with van der Waals surface area (Å²) in [4.78, 5) is 14.3. The van der Waals surface area contributed by atoms with Crippen molar-refractivity contribution >= 4 is 5.69 Å². The summed E-state index contributed by atoms with van der Waals surface area (Å²) in [7, 11) is 0. The highest BCUT2D eigenvalue weighted by Gasteiger charge is 2.34. The number of rotatable bonds is 3. The van der Waals surface area contributed by atoms with Crippen LogP contribution in [0, 0.1) is 5.92 Å². The van der Waals surface area contributed by atoms with Crippen LogP contribution >= 0.6 is 0 Å². The van der Waals surface area contributed by atoms with Crippen molar-refractivity contribution in [2.45, 2.75) is 44.7 Å². The zero-order valence-electron chi connectivity index (χ0n) is 11.4. The highest BCUT2D eigenvalue weighted by atomic mass is 16.1. The van der Waals surface area contributed by atoms with Crippen LogP contribution in [0.3, 0.4) is 0 Å². The molecule has 0 bridgehead atoms. The Morgan fingerprint density at radius 2 is 2.00 bits per heavy atom. The van der Waals surface area contributed by atoms with Crippen LogP contribution in [0.15, 0.2) is 23.1 Å². The normalized spacial score (nSPS) is 27.4. The molecule has 1 saturated carbocycles. The van der Waals surface area contributed by atoms with E-state index in [2.05, 4.69) is 4.90 Å². The van der Waals surface area contributed by atoms with E-state index in [1.54, 1.807) is 22.9 Å². The lowest BCUT2D eigenvalue weighted by Gasteiger charge is -2.31. The molecule has 2 fully saturated rings. The van der Waals surface area contributed by atoms with Gasteiger partial charge in [0, 0.05) is 37.1 Å². The van der Waals surface area contributed by atoms with Gasteiger partial charge in [0.25, 0.3) is 5.56 Å². The molecule has 1 saturated heterocycles. The molecule has 2 heterocycles. The van der Waals surface area contributed by atoms with Gasteiger partial charge in [-0.1, -0.05) is 12.8 Å². The molecule has 0 amide bonds. The Morgan fingerprint density at radius 1 is 1.16 bits per heavy atom. The van der Waals surface area contributed by atoms with Crippen LogP contribution in [-0.2, 0) is 6.54 Å². The molecular formula is C15H23N3O. The maximum Gasteiger partial charge on any atom is 0.250 e. The van der Waals surface area contributed by atoms with Gasteiger partial charge in [0.1, 0.15) is 0 Å². The van der Waals surface area contributed by atoms with E-state index in [1.165, 1.54) is 38.6 Å². The highest BCUT2D eigenvalue weighted by Crippen LogP contribution is 2.35. The van der Waals surface area contributed by atoms with Crippen molar-refractivity contribution in [3.05, 3.63) is 28.7 Å². The predicted molar refractivity (Wildman–Crippen MR) is 77.1 cm³/mol. The fraction of sp³-hybridized carbons (Fsp3) is 0.667. The molecule has 0 radical (unpaired) electrons. The first kappa shape index (κ1) is 12.7. The Kier molecular flexibility index (Phi) is 3.60. The molecule has 1 aliphatic heterocycles. The molecule has 2 aliphatic rings. The average Bonchev–Trinajstić information content (AvgIpc) is 2.83. The second-order valence-corrected chi connectivity index (χ2v) is 5.93. The smallest absolute Gasteiger partial charge is 0.250 e. The number of likely N-dealkylation sites (tertiary alicyclic amines) is 1. The van der Waals surface area contributed by atoms with E-state index in [0.29, 0.717) is 5.69 Å². The molecule has 2 atom stereocenters. The van der Waals surface area contributed by atoms with Crippen molar-refractivity contribution in [1.29, 1.82) is 0 Å². The monoisotopic (exact) mass is 261 g/mol. The summed E-state index contributed by atoms with van der Waals surface area (Å²) in [6, 6.07) is 4.00. The molecule has 1 aliphatic carbocycles. The van der Waals surface area contributed by atoms with E-state index in [0.717, 1.165) is 25.0 Å². The summed E-state index contributed by atoms with van der Waals surface area (Å²) in [5.41, 5.74) is 6.46. The topological polar surface area (TPSA) is 51.3 Å². The van der Waals surface area contributed by atoms with Crippen molar-refractivity contribution in [3.8, 4) is 0 Å². The fourth-order valence-corrected chi connectivity index (χ4v) is 3.74. The first-order valence-corrected chi connectivity index (χ1v) is 7.44. The number of nitrogens with zero attached hydrogens (tertiary/aromatic N) is 2. The first-order chi connectivity index (χ1) is 9.24. The van der Waals surface area contributed by atoms with Crippen LogP contribution in [0.25, 0.3) is 0 Å². The Hall–Kier alpha value is -1.29. The van der Waals surface area contributed by atoms with Gasteiger partial charge in [-0.3, -0.25) is 9.69 Å². The third kappa shape index (κ3) is 2.68. The van der Waals surface area contributed by atoms with Crippen LogP contribution in [-0.4, -0.2) is 28.6 Å². The van der Waals surface area contributed by atoms with E-state index in [9.17, 15) is 4.79 Å². The van der Waals surface area contributed by atoms with Gasteiger partial charge < -0.3 is 10.3 Å². The molecule has 0 aromatic carbocycles. The molecule has 19 heavy (non-hydrogen) atoms. The lowest BCUT2D eigenvalue weighted by atomic mass is 9.85. The largest absolute Gasteiger partial charge is 0.398 e. The number of pyridine rings is 1. The van der Waals surface area contributed by atoms with Crippen LogP contribution in [0.2, 0.25) is 0 Å². The van der Waals surface area contributed by atoms with E-state index >= 15 is 0 Å². The second-order valence-electron chi connectivity index (χ2n) is 5.93. The Labute approximate surface area is 114 Å². The number of nitrogen functional groups attached to an aromatic ring is 1. The van der Waals surface area contributed by atoms with Crippen molar-refractivity contribution in [2.75, 3.05) is 18.8 Å². The van der Waals surface area contributed by atoms with Crippen LogP contribution in [0.1, 0.15) is 32.1 Å². The lowest BCUT2D eigenvalue weighted by Crippen LogP contribution is -2.37. The predicted octanol–water partition coefficient (Wildman–Crippen LogP) is 1.69. The van der Waals surface area contributed by atoms with Crippen LogP contribution < -0.4 is 11.3 Å². The maximum atomic E-state index is 11.7. The Bertz CT molecular complexity index is 496. The number of aromatic nitrogens is 1. The SMILES string of the molecule is Nc1ccc(=O)n(CCN2CCC3CCCCC32)c1. The molecule has 3 rings (SSSR count). The lowest BCUT2D eigenvalue weighted by molar-refractivity contribution is 0.177. The fourth-order valence-electron chi connectivity index (χ4n) is 3.74. The Morgan fingerprint density at radius 3 is 2.89 bits per heavy atom. The first-order valence-electron chi connectivity index (χ1n) is 7.44. The number of anilines is 1. The minimum Gasteiger partial charge on any atom is -0.398 e.